The number of H-pyrrole nitrogens is 1. The van der Waals surface area contributed by atoms with Crippen LogP contribution in [-0.4, -0.2) is 37.1 Å². The van der Waals surface area contributed by atoms with E-state index in [0.29, 0.717) is 6.54 Å². The van der Waals surface area contributed by atoms with Crippen LogP contribution in [-0.2, 0) is 11.2 Å². The maximum absolute atomic E-state index is 12.3. The highest BCUT2D eigenvalue weighted by molar-refractivity contribution is 5.83. The van der Waals surface area contributed by atoms with Crippen molar-refractivity contribution in [1.29, 1.82) is 0 Å². The van der Waals surface area contributed by atoms with Gasteiger partial charge in [0, 0.05) is 29.6 Å². The van der Waals surface area contributed by atoms with Gasteiger partial charge in [-0.15, -0.1) is 0 Å². The molecule has 1 aromatic carbocycles. The number of aromatic amines is 1. The van der Waals surface area contributed by atoms with E-state index in [-0.39, 0.29) is 5.91 Å². The van der Waals surface area contributed by atoms with Crippen molar-refractivity contribution in [3.63, 3.8) is 0 Å². The number of rotatable bonds is 5. The summed E-state index contributed by atoms with van der Waals surface area (Å²) in [4.78, 5) is 17.1. The Morgan fingerprint density at radius 3 is 2.92 bits per heavy atom. The summed E-state index contributed by atoms with van der Waals surface area (Å²) in [7, 11) is 0. The minimum atomic E-state index is 0.212. The smallest absolute Gasteiger partial charge is 0.275 e. The molecule has 3 atom stereocenters. The van der Waals surface area contributed by atoms with E-state index < -0.39 is 0 Å². The molecule has 1 amide bonds. The van der Waals surface area contributed by atoms with Crippen LogP contribution in [0.15, 0.2) is 30.5 Å². The molecule has 2 aliphatic rings. The fraction of sp³-hybridized carbons (Fsp3) is 0.571. The van der Waals surface area contributed by atoms with Crippen molar-refractivity contribution < 1.29 is 9.69 Å². The first kappa shape index (κ1) is 16.6. The van der Waals surface area contributed by atoms with Gasteiger partial charge in [-0.1, -0.05) is 31.0 Å². The van der Waals surface area contributed by atoms with Crippen molar-refractivity contribution >= 4 is 16.8 Å². The number of hydrogen-bond acceptors (Lipinski definition) is 1. The summed E-state index contributed by atoms with van der Waals surface area (Å²) in [5.74, 6) is 2.03. The van der Waals surface area contributed by atoms with Crippen LogP contribution < -0.4 is 10.2 Å². The third-order valence-electron chi connectivity index (χ3n) is 6.29. The predicted molar refractivity (Wildman–Crippen MR) is 101 cm³/mol. The Labute approximate surface area is 150 Å². The fourth-order valence-corrected chi connectivity index (χ4v) is 4.92. The molecule has 2 aromatic rings. The lowest BCUT2D eigenvalue weighted by Crippen LogP contribution is -3.15. The number of likely N-dealkylation sites (tertiary alicyclic amines) is 1. The number of quaternary nitrogens is 1. The van der Waals surface area contributed by atoms with E-state index in [1.54, 1.807) is 0 Å². The number of carbonyl (C=O) groups excluding carboxylic acids is 1. The lowest BCUT2D eigenvalue weighted by Gasteiger charge is -2.38. The molecule has 1 unspecified atom stereocenters. The van der Waals surface area contributed by atoms with Crippen molar-refractivity contribution in [2.24, 2.45) is 11.8 Å². The van der Waals surface area contributed by atoms with Gasteiger partial charge in [0.05, 0.1) is 13.1 Å². The van der Waals surface area contributed by atoms with Gasteiger partial charge >= 0.3 is 0 Å². The molecule has 4 nitrogen and oxygen atoms in total. The van der Waals surface area contributed by atoms with Crippen LogP contribution in [0.25, 0.3) is 10.9 Å². The molecule has 1 saturated heterocycles. The Morgan fingerprint density at radius 2 is 2.00 bits per heavy atom. The molecule has 4 rings (SSSR count). The Bertz CT molecular complexity index is 723. The number of piperidine rings is 1. The van der Waals surface area contributed by atoms with E-state index in [0.717, 1.165) is 24.8 Å². The van der Waals surface area contributed by atoms with Crippen LogP contribution in [0.4, 0.5) is 0 Å². The van der Waals surface area contributed by atoms with Gasteiger partial charge in [-0.3, -0.25) is 4.79 Å². The van der Waals surface area contributed by atoms with Gasteiger partial charge in [0.25, 0.3) is 5.91 Å². The zero-order chi connectivity index (χ0) is 17.1. The van der Waals surface area contributed by atoms with Crippen molar-refractivity contribution in [2.75, 3.05) is 26.2 Å². The molecule has 1 aliphatic heterocycles. The second-order valence-corrected chi connectivity index (χ2v) is 7.93. The fourth-order valence-electron chi connectivity index (χ4n) is 4.92. The molecule has 4 heteroatoms. The summed E-state index contributed by atoms with van der Waals surface area (Å²) >= 11 is 0. The lowest BCUT2D eigenvalue weighted by molar-refractivity contribution is -0.902. The van der Waals surface area contributed by atoms with Crippen LogP contribution in [0.2, 0.25) is 0 Å². The summed E-state index contributed by atoms with van der Waals surface area (Å²) in [5, 5.41) is 4.40. The van der Waals surface area contributed by atoms with Gasteiger partial charge in [0.15, 0.2) is 6.54 Å². The number of para-hydroxylation sites is 1. The predicted octanol–water partition coefficient (Wildman–Crippen LogP) is 1.92. The first-order chi connectivity index (χ1) is 12.3. The number of aromatic nitrogens is 1. The molecule has 0 radical (unpaired) electrons. The minimum absolute atomic E-state index is 0.212. The molecular formula is C21H30N3O+. The highest BCUT2D eigenvalue weighted by Crippen LogP contribution is 2.32. The van der Waals surface area contributed by atoms with Crippen molar-refractivity contribution in [3.05, 3.63) is 36.0 Å². The Morgan fingerprint density at radius 1 is 1.16 bits per heavy atom. The largest absolute Gasteiger partial charge is 0.361 e. The topological polar surface area (TPSA) is 49.3 Å². The van der Waals surface area contributed by atoms with E-state index in [4.69, 9.17) is 0 Å². The van der Waals surface area contributed by atoms with Crippen LogP contribution in [0.1, 0.15) is 37.7 Å². The average Bonchev–Trinajstić information content (AvgIpc) is 3.05. The molecule has 0 spiro atoms. The zero-order valence-corrected chi connectivity index (χ0v) is 15.0. The second-order valence-electron chi connectivity index (χ2n) is 7.93. The van der Waals surface area contributed by atoms with Crippen LogP contribution in [0.5, 0.6) is 0 Å². The molecule has 0 bridgehead atoms. The average molecular weight is 340 g/mol. The highest BCUT2D eigenvalue weighted by Gasteiger charge is 2.34. The summed E-state index contributed by atoms with van der Waals surface area (Å²) in [6.07, 6.45) is 9.90. The molecule has 1 saturated carbocycles. The second kappa shape index (κ2) is 7.61. The normalized spacial score (nSPS) is 26.3. The number of amides is 1. The van der Waals surface area contributed by atoms with E-state index in [1.807, 2.05) is 6.07 Å². The highest BCUT2D eigenvalue weighted by atomic mass is 16.2. The van der Waals surface area contributed by atoms with E-state index in [9.17, 15) is 4.79 Å². The van der Waals surface area contributed by atoms with E-state index in [2.05, 4.69) is 34.7 Å². The Hall–Kier alpha value is -1.81. The summed E-state index contributed by atoms with van der Waals surface area (Å²) in [6.45, 7) is 3.76. The zero-order valence-electron chi connectivity index (χ0n) is 15.0. The maximum atomic E-state index is 12.3. The van der Waals surface area contributed by atoms with E-state index in [1.165, 1.54) is 66.6 Å². The number of benzene rings is 1. The molecule has 1 aromatic heterocycles. The summed E-state index contributed by atoms with van der Waals surface area (Å²) < 4.78 is 0. The van der Waals surface area contributed by atoms with Crippen molar-refractivity contribution in [1.82, 2.24) is 10.3 Å². The SMILES string of the molecule is O=C(C[NH+]1CC[C@H]2CCCC[C@@H]2C1)NCCc1c[nH]c2ccccc12. The monoisotopic (exact) mass is 340 g/mol. The molecular weight excluding hydrogens is 310 g/mol. The summed E-state index contributed by atoms with van der Waals surface area (Å²) in [6, 6.07) is 8.34. The van der Waals surface area contributed by atoms with Crippen LogP contribution in [0.3, 0.4) is 0 Å². The van der Waals surface area contributed by atoms with Crippen LogP contribution >= 0.6 is 0 Å². The third kappa shape index (κ3) is 3.90. The molecule has 1 aliphatic carbocycles. The Balaban J connectivity index is 1.23. The van der Waals surface area contributed by atoms with Gasteiger partial charge in [0.1, 0.15) is 0 Å². The van der Waals surface area contributed by atoms with Gasteiger partial charge in [-0.25, -0.2) is 0 Å². The number of hydrogen-bond donors (Lipinski definition) is 3. The molecule has 2 heterocycles. The maximum Gasteiger partial charge on any atom is 0.275 e. The van der Waals surface area contributed by atoms with Crippen molar-refractivity contribution in [2.45, 2.75) is 38.5 Å². The molecule has 2 fully saturated rings. The Kier molecular flexibility index (Phi) is 5.07. The molecule has 3 N–H and O–H groups in total. The summed E-state index contributed by atoms with van der Waals surface area (Å²) in [5.41, 5.74) is 2.45. The van der Waals surface area contributed by atoms with Crippen molar-refractivity contribution in [3.8, 4) is 0 Å². The quantitative estimate of drug-likeness (QED) is 0.765. The third-order valence-corrected chi connectivity index (χ3v) is 6.29. The first-order valence-corrected chi connectivity index (χ1v) is 9.95. The standard InChI is InChI=1S/C21H29N3O/c25-21(15-24-12-10-16-5-1-2-6-18(16)14-24)22-11-9-17-13-23-20-8-4-3-7-19(17)20/h3-4,7-8,13,16,18,23H,1-2,5-6,9-12,14-15H2,(H,22,25)/p+1/t16-,18-/m1/s1. The first-order valence-electron chi connectivity index (χ1n) is 9.95. The number of carbonyl (C=O) groups is 1. The van der Waals surface area contributed by atoms with Crippen LogP contribution in [0, 0.1) is 11.8 Å². The number of nitrogens with one attached hydrogen (secondary N) is 3. The minimum Gasteiger partial charge on any atom is -0.361 e. The number of fused-ring (bicyclic) bond motifs is 2. The van der Waals surface area contributed by atoms with Gasteiger partial charge < -0.3 is 15.2 Å². The molecule has 25 heavy (non-hydrogen) atoms. The molecule has 134 valence electrons. The van der Waals surface area contributed by atoms with Gasteiger partial charge in [-0.2, -0.15) is 0 Å². The van der Waals surface area contributed by atoms with E-state index >= 15 is 0 Å². The lowest BCUT2D eigenvalue weighted by atomic mass is 9.75. The van der Waals surface area contributed by atoms with Gasteiger partial charge in [-0.05, 0) is 43.2 Å². The van der Waals surface area contributed by atoms with Gasteiger partial charge in [0.2, 0.25) is 0 Å².